The lowest BCUT2D eigenvalue weighted by molar-refractivity contribution is -0.137. The lowest BCUT2D eigenvalue weighted by Gasteiger charge is -2.05. The summed E-state index contributed by atoms with van der Waals surface area (Å²) in [4.78, 5) is 22.6. The third-order valence-electron chi connectivity index (χ3n) is 3.96. The van der Waals surface area contributed by atoms with Gasteiger partial charge in [0.2, 0.25) is 0 Å². The summed E-state index contributed by atoms with van der Waals surface area (Å²) in [6.45, 7) is 0. The molecule has 0 unspecified atom stereocenters. The molecule has 0 fully saturated rings. The molecule has 2 aromatic rings. The van der Waals surface area contributed by atoms with Crippen LogP contribution in [0.4, 0.5) is 11.4 Å². The number of hydrogen-bond acceptors (Lipinski definition) is 3. The molecule has 3 rings (SSSR count). The molecule has 1 aliphatic rings. The first-order valence-electron chi connectivity index (χ1n) is 7.91. The van der Waals surface area contributed by atoms with E-state index in [2.05, 4.69) is 10.6 Å². The van der Waals surface area contributed by atoms with Crippen molar-refractivity contribution >= 4 is 40.4 Å². The second-order valence-electron chi connectivity index (χ2n) is 5.79. The standard InChI is InChI=1S/C19H17ClN2O3/c20-13-6-9-17-15(10-13)16(19(25)22-17)11-21-14-7-4-12(5-8-14)2-1-3-18(23)24/h4-11,21H,1-3H2,(H,22,25)(H,23,24)/b16-11-. The van der Waals surface area contributed by atoms with E-state index in [1.807, 2.05) is 24.3 Å². The van der Waals surface area contributed by atoms with Gasteiger partial charge in [-0.3, -0.25) is 9.59 Å². The van der Waals surface area contributed by atoms with E-state index in [-0.39, 0.29) is 12.3 Å². The molecule has 25 heavy (non-hydrogen) atoms. The van der Waals surface area contributed by atoms with Gasteiger partial charge in [0.1, 0.15) is 0 Å². The van der Waals surface area contributed by atoms with E-state index in [4.69, 9.17) is 16.7 Å². The molecule has 0 atom stereocenters. The molecule has 128 valence electrons. The van der Waals surface area contributed by atoms with Crippen molar-refractivity contribution in [2.75, 3.05) is 10.6 Å². The zero-order valence-corrected chi connectivity index (χ0v) is 14.1. The summed E-state index contributed by atoms with van der Waals surface area (Å²) in [5.41, 5.74) is 3.97. The number of halogens is 1. The normalized spacial score (nSPS) is 14.3. The Labute approximate surface area is 150 Å². The van der Waals surface area contributed by atoms with Gasteiger partial charge < -0.3 is 15.7 Å². The molecule has 0 radical (unpaired) electrons. The van der Waals surface area contributed by atoms with Gasteiger partial charge >= 0.3 is 5.97 Å². The number of aryl methyl sites for hydroxylation is 1. The fourth-order valence-electron chi connectivity index (χ4n) is 2.67. The van der Waals surface area contributed by atoms with Gasteiger partial charge in [0.15, 0.2) is 0 Å². The molecular weight excluding hydrogens is 340 g/mol. The topological polar surface area (TPSA) is 78.4 Å². The summed E-state index contributed by atoms with van der Waals surface area (Å²) in [5, 5.41) is 15.2. The number of carbonyl (C=O) groups is 2. The lowest BCUT2D eigenvalue weighted by Crippen LogP contribution is -2.05. The molecule has 2 aromatic carbocycles. The zero-order valence-electron chi connectivity index (χ0n) is 13.4. The Kier molecular flexibility index (Phi) is 5.05. The van der Waals surface area contributed by atoms with Gasteiger partial charge in [-0.15, -0.1) is 0 Å². The third kappa shape index (κ3) is 4.19. The first kappa shape index (κ1) is 17.0. The maximum absolute atomic E-state index is 12.1. The maximum Gasteiger partial charge on any atom is 0.303 e. The zero-order chi connectivity index (χ0) is 17.8. The first-order chi connectivity index (χ1) is 12.0. The Morgan fingerprint density at radius 1 is 1.20 bits per heavy atom. The molecule has 0 bridgehead atoms. The third-order valence-corrected chi connectivity index (χ3v) is 4.19. The largest absolute Gasteiger partial charge is 0.481 e. The number of anilines is 2. The molecule has 1 heterocycles. The number of rotatable bonds is 6. The smallest absolute Gasteiger partial charge is 0.303 e. The van der Waals surface area contributed by atoms with E-state index in [0.717, 1.165) is 28.9 Å². The Morgan fingerprint density at radius 3 is 2.68 bits per heavy atom. The van der Waals surface area contributed by atoms with Crippen LogP contribution >= 0.6 is 11.6 Å². The van der Waals surface area contributed by atoms with Crippen LogP contribution < -0.4 is 10.6 Å². The van der Waals surface area contributed by atoms with Gasteiger partial charge in [0, 0.05) is 34.6 Å². The summed E-state index contributed by atoms with van der Waals surface area (Å²) in [6.07, 6.45) is 3.17. The molecule has 0 aliphatic carbocycles. The van der Waals surface area contributed by atoms with E-state index in [0.29, 0.717) is 17.0 Å². The first-order valence-corrected chi connectivity index (χ1v) is 8.29. The SMILES string of the molecule is O=C(O)CCCc1ccc(N/C=C2\C(=O)Nc3ccc(Cl)cc32)cc1. The molecule has 0 aromatic heterocycles. The van der Waals surface area contributed by atoms with Gasteiger partial charge in [-0.1, -0.05) is 23.7 Å². The van der Waals surface area contributed by atoms with Crippen LogP contribution in [0.25, 0.3) is 5.57 Å². The van der Waals surface area contributed by atoms with E-state index >= 15 is 0 Å². The van der Waals surface area contributed by atoms with Crippen molar-refractivity contribution in [3.05, 3.63) is 64.8 Å². The van der Waals surface area contributed by atoms with Crippen molar-refractivity contribution in [1.82, 2.24) is 0 Å². The lowest BCUT2D eigenvalue weighted by atomic mass is 10.1. The number of carbonyl (C=O) groups excluding carboxylic acids is 1. The highest BCUT2D eigenvalue weighted by Crippen LogP contribution is 2.33. The van der Waals surface area contributed by atoms with Gasteiger partial charge in [-0.25, -0.2) is 0 Å². The Bertz CT molecular complexity index is 844. The van der Waals surface area contributed by atoms with Gasteiger partial charge in [-0.05, 0) is 48.7 Å². The average Bonchev–Trinajstić information content (AvgIpc) is 2.88. The molecule has 5 nitrogen and oxygen atoms in total. The van der Waals surface area contributed by atoms with Gasteiger partial charge in [0.25, 0.3) is 5.91 Å². The molecular formula is C19H17ClN2O3. The Hall–Kier alpha value is -2.79. The molecule has 0 saturated heterocycles. The highest BCUT2D eigenvalue weighted by Gasteiger charge is 2.24. The number of amides is 1. The van der Waals surface area contributed by atoms with Gasteiger partial charge in [-0.2, -0.15) is 0 Å². The maximum atomic E-state index is 12.1. The van der Waals surface area contributed by atoms with E-state index in [9.17, 15) is 9.59 Å². The van der Waals surface area contributed by atoms with Crippen molar-refractivity contribution in [3.63, 3.8) is 0 Å². The highest BCUT2D eigenvalue weighted by molar-refractivity contribution is 6.34. The van der Waals surface area contributed by atoms with Crippen molar-refractivity contribution in [1.29, 1.82) is 0 Å². The summed E-state index contributed by atoms with van der Waals surface area (Å²) in [7, 11) is 0. The average molecular weight is 357 g/mol. The minimum absolute atomic E-state index is 0.170. The molecule has 0 saturated carbocycles. The van der Waals surface area contributed by atoms with Crippen LogP contribution in [0.15, 0.2) is 48.7 Å². The Morgan fingerprint density at radius 2 is 1.96 bits per heavy atom. The van der Waals surface area contributed by atoms with Crippen molar-refractivity contribution < 1.29 is 14.7 Å². The van der Waals surface area contributed by atoms with Crippen LogP contribution in [0.3, 0.4) is 0 Å². The number of benzene rings is 2. The monoisotopic (exact) mass is 356 g/mol. The van der Waals surface area contributed by atoms with Crippen LogP contribution in [0.5, 0.6) is 0 Å². The van der Waals surface area contributed by atoms with Crippen LogP contribution in [0, 0.1) is 0 Å². The van der Waals surface area contributed by atoms with Crippen molar-refractivity contribution in [2.24, 2.45) is 0 Å². The number of carboxylic acid groups (broad SMARTS) is 1. The van der Waals surface area contributed by atoms with Gasteiger partial charge in [0.05, 0.1) is 5.57 Å². The number of nitrogens with one attached hydrogen (secondary N) is 2. The van der Waals surface area contributed by atoms with Crippen LogP contribution in [-0.4, -0.2) is 17.0 Å². The molecule has 1 amide bonds. The molecule has 0 spiro atoms. The minimum atomic E-state index is -0.778. The number of hydrogen-bond donors (Lipinski definition) is 3. The number of carboxylic acids is 1. The summed E-state index contributed by atoms with van der Waals surface area (Å²) < 4.78 is 0. The predicted octanol–water partition coefficient (Wildman–Crippen LogP) is 4.15. The van der Waals surface area contributed by atoms with Crippen LogP contribution in [-0.2, 0) is 16.0 Å². The second-order valence-corrected chi connectivity index (χ2v) is 6.23. The van der Waals surface area contributed by atoms with Crippen LogP contribution in [0.1, 0.15) is 24.0 Å². The van der Waals surface area contributed by atoms with Crippen LogP contribution in [0.2, 0.25) is 5.02 Å². The fourth-order valence-corrected chi connectivity index (χ4v) is 2.84. The summed E-state index contributed by atoms with van der Waals surface area (Å²) in [5.74, 6) is -0.949. The highest BCUT2D eigenvalue weighted by atomic mass is 35.5. The quantitative estimate of drug-likeness (QED) is 0.679. The fraction of sp³-hybridized carbons (Fsp3) is 0.158. The number of fused-ring (bicyclic) bond motifs is 1. The second kappa shape index (κ2) is 7.40. The molecule has 1 aliphatic heterocycles. The van der Waals surface area contributed by atoms with Crippen molar-refractivity contribution in [2.45, 2.75) is 19.3 Å². The summed E-state index contributed by atoms with van der Waals surface area (Å²) >= 11 is 6.01. The minimum Gasteiger partial charge on any atom is -0.481 e. The number of aliphatic carboxylic acids is 1. The van der Waals surface area contributed by atoms with Crippen molar-refractivity contribution in [3.8, 4) is 0 Å². The van der Waals surface area contributed by atoms with E-state index < -0.39 is 5.97 Å². The van der Waals surface area contributed by atoms with E-state index in [1.54, 1.807) is 24.4 Å². The molecule has 3 N–H and O–H groups in total. The Balaban J connectivity index is 1.67. The van der Waals surface area contributed by atoms with E-state index in [1.165, 1.54) is 0 Å². The predicted molar refractivity (Wildman–Crippen MR) is 98.7 cm³/mol. The molecule has 6 heteroatoms. The summed E-state index contributed by atoms with van der Waals surface area (Å²) in [6, 6.07) is 13.0.